The largest absolute Gasteiger partial charge is 0.266 e. The molecule has 0 aliphatic rings. The summed E-state index contributed by atoms with van der Waals surface area (Å²) in [6.07, 6.45) is 1.90. The van der Waals surface area contributed by atoms with Crippen molar-refractivity contribution in [3.63, 3.8) is 0 Å². The molecule has 0 amide bonds. The average molecular weight is 252 g/mol. The zero-order valence-corrected chi connectivity index (χ0v) is 11.7. The molecule has 0 aliphatic heterocycles. The molecule has 0 fully saturated rings. The van der Waals surface area contributed by atoms with Gasteiger partial charge >= 0.3 is 0 Å². The van der Waals surface area contributed by atoms with Gasteiger partial charge in [-0.3, -0.25) is 9.67 Å². The normalized spacial score (nSPS) is 12.0. The van der Waals surface area contributed by atoms with Crippen LogP contribution in [0.5, 0.6) is 0 Å². The molecule has 0 radical (unpaired) electrons. The zero-order chi connectivity index (χ0) is 12.7. The SMILES string of the molecule is CC(C)c1ncc2c(C(C)C)nn(C)c2c1Cl. The van der Waals surface area contributed by atoms with E-state index in [1.807, 2.05) is 17.9 Å². The fourth-order valence-corrected chi connectivity index (χ4v) is 2.58. The molecule has 17 heavy (non-hydrogen) atoms. The first-order valence-corrected chi connectivity index (χ1v) is 6.32. The van der Waals surface area contributed by atoms with Gasteiger partial charge in [0.1, 0.15) is 0 Å². The number of hydrogen-bond acceptors (Lipinski definition) is 2. The Balaban J connectivity index is 2.79. The molecule has 2 rings (SSSR count). The summed E-state index contributed by atoms with van der Waals surface area (Å²) < 4.78 is 1.86. The van der Waals surface area contributed by atoms with Crippen molar-refractivity contribution in [1.82, 2.24) is 14.8 Å². The van der Waals surface area contributed by atoms with E-state index < -0.39 is 0 Å². The molecule has 0 bridgehead atoms. The van der Waals surface area contributed by atoms with Crippen molar-refractivity contribution < 1.29 is 0 Å². The van der Waals surface area contributed by atoms with Crippen LogP contribution in [0, 0.1) is 0 Å². The van der Waals surface area contributed by atoms with Crippen LogP contribution in [0.15, 0.2) is 6.20 Å². The van der Waals surface area contributed by atoms with Gasteiger partial charge in [0, 0.05) is 18.6 Å². The van der Waals surface area contributed by atoms with E-state index in [2.05, 4.69) is 37.8 Å². The first-order valence-electron chi connectivity index (χ1n) is 5.94. The minimum absolute atomic E-state index is 0.323. The summed E-state index contributed by atoms with van der Waals surface area (Å²) in [5.41, 5.74) is 3.00. The van der Waals surface area contributed by atoms with Crippen molar-refractivity contribution in [3.8, 4) is 0 Å². The minimum atomic E-state index is 0.323. The maximum absolute atomic E-state index is 6.44. The van der Waals surface area contributed by atoms with Crippen molar-refractivity contribution in [1.29, 1.82) is 0 Å². The van der Waals surface area contributed by atoms with Crippen LogP contribution in [0.2, 0.25) is 5.02 Å². The predicted molar refractivity (Wildman–Crippen MR) is 71.7 cm³/mol. The summed E-state index contributed by atoms with van der Waals surface area (Å²) in [5, 5.41) is 6.34. The van der Waals surface area contributed by atoms with Gasteiger partial charge in [0.15, 0.2) is 0 Å². The molecule has 2 heterocycles. The third-order valence-corrected chi connectivity index (χ3v) is 3.34. The summed E-state index contributed by atoms with van der Waals surface area (Å²) in [6.45, 7) is 8.46. The molecule has 0 spiro atoms. The third kappa shape index (κ3) is 1.93. The number of aryl methyl sites for hydroxylation is 1. The second-order valence-corrected chi connectivity index (χ2v) is 5.42. The van der Waals surface area contributed by atoms with E-state index in [0.717, 1.165) is 27.3 Å². The maximum atomic E-state index is 6.44. The molecular weight excluding hydrogens is 234 g/mol. The summed E-state index contributed by atoms with van der Waals surface area (Å²) in [6, 6.07) is 0. The minimum Gasteiger partial charge on any atom is -0.266 e. The standard InChI is InChI=1S/C13H18ClN3/c1-7(2)11-9-6-15-12(8(3)4)10(14)13(9)17(5)16-11/h6-8H,1-5H3. The summed E-state index contributed by atoms with van der Waals surface area (Å²) >= 11 is 6.44. The van der Waals surface area contributed by atoms with Gasteiger partial charge in [0.05, 0.1) is 21.9 Å². The van der Waals surface area contributed by atoms with Crippen molar-refractivity contribution in [3.05, 3.63) is 22.6 Å². The molecule has 0 aliphatic carbocycles. The third-order valence-electron chi connectivity index (χ3n) is 2.97. The number of rotatable bonds is 2. The van der Waals surface area contributed by atoms with E-state index in [4.69, 9.17) is 11.6 Å². The molecular formula is C13H18ClN3. The fourth-order valence-electron chi connectivity index (χ4n) is 2.09. The van der Waals surface area contributed by atoms with E-state index >= 15 is 0 Å². The number of hydrogen-bond donors (Lipinski definition) is 0. The Morgan fingerprint density at radius 1 is 1.12 bits per heavy atom. The lowest BCUT2D eigenvalue weighted by Crippen LogP contribution is -1.97. The Morgan fingerprint density at radius 2 is 1.71 bits per heavy atom. The number of halogens is 1. The van der Waals surface area contributed by atoms with Crippen LogP contribution in [0.4, 0.5) is 0 Å². The number of pyridine rings is 1. The first-order chi connectivity index (χ1) is 7.93. The summed E-state index contributed by atoms with van der Waals surface area (Å²) in [7, 11) is 1.93. The van der Waals surface area contributed by atoms with Crippen LogP contribution < -0.4 is 0 Å². The molecule has 4 heteroatoms. The monoisotopic (exact) mass is 251 g/mol. The van der Waals surface area contributed by atoms with Gasteiger partial charge in [-0.25, -0.2) is 0 Å². The number of fused-ring (bicyclic) bond motifs is 1. The predicted octanol–water partition coefficient (Wildman–Crippen LogP) is 3.87. The fraction of sp³-hybridized carbons (Fsp3) is 0.538. The van der Waals surface area contributed by atoms with Crippen molar-refractivity contribution >= 4 is 22.5 Å². The highest BCUT2D eigenvalue weighted by molar-refractivity contribution is 6.35. The van der Waals surface area contributed by atoms with E-state index in [1.54, 1.807) is 0 Å². The van der Waals surface area contributed by atoms with Crippen LogP contribution in [0.25, 0.3) is 10.9 Å². The highest BCUT2D eigenvalue weighted by atomic mass is 35.5. The molecule has 2 aromatic rings. The lowest BCUT2D eigenvalue weighted by atomic mass is 10.1. The molecule has 92 valence electrons. The molecule has 0 unspecified atom stereocenters. The van der Waals surface area contributed by atoms with E-state index in [0.29, 0.717) is 11.8 Å². The lowest BCUT2D eigenvalue weighted by molar-refractivity contribution is 0.728. The van der Waals surface area contributed by atoms with Gasteiger partial charge in [-0.05, 0) is 11.8 Å². The Morgan fingerprint density at radius 3 is 2.24 bits per heavy atom. The Labute approximate surface area is 107 Å². The Kier molecular flexibility index (Phi) is 3.13. The zero-order valence-electron chi connectivity index (χ0n) is 11.0. The molecule has 3 nitrogen and oxygen atoms in total. The molecule has 2 aromatic heterocycles. The van der Waals surface area contributed by atoms with Gasteiger partial charge in [0.25, 0.3) is 0 Å². The van der Waals surface area contributed by atoms with Crippen molar-refractivity contribution in [2.75, 3.05) is 0 Å². The first kappa shape index (κ1) is 12.4. The Bertz CT molecular complexity index is 555. The quantitative estimate of drug-likeness (QED) is 0.811. The summed E-state index contributed by atoms with van der Waals surface area (Å²) in [4.78, 5) is 4.48. The van der Waals surface area contributed by atoms with Gasteiger partial charge in [0.2, 0.25) is 0 Å². The topological polar surface area (TPSA) is 30.7 Å². The second-order valence-electron chi connectivity index (χ2n) is 5.04. The highest BCUT2D eigenvalue weighted by Crippen LogP contribution is 2.33. The molecule has 0 saturated heterocycles. The maximum Gasteiger partial charge on any atom is 0.0902 e. The van der Waals surface area contributed by atoms with Crippen molar-refractivity contribution in [2.24, 2.45) is 7.05 Å². The lowest BCUT2D eigenvalue weighted by Gasteiger charge is -2.08. The van der Waals surface area contributed by atoms with Crippen LogP contribution in [-0.2, 0) is 7.05 Å². The summed E-state index contributed by atoms with van der Waals surface area (Å²) in [5.74, 6) is 0.700. The second kappa shape index (κ2) is 4.30. The van der Waals surface area contributed by atoms with Crippen LogP contribution in [0.1, 0.15) is 50.9 Å². The van der Waals surface area contributed by atoms with Crippen LogP contribution in [0.3, 0.4) is 0 Å². The van der Waals surface area contributed by atoms with Gasteiger partial charge in [-0.15, -0.1) is 0 Å². The van der Waals surface area contributed by atoms with E-state index in [1.165, 1.54) is 0 Å². The van der Waals surface area contributed by atoms with Gasteiger partial charge in [-0.2, -0.15) is 5.10 Å². The molecule has 0 aromatic carbocycles. The van der Waals surface area contributed by atoms with Crippen molar-refractivity contribution in [2.45, 2.75) is 39.5 Å². The average Bonchev–Trinajstić information content (AvgIpc) is 2.56. The van der Waals surface area contributed by atoms with Crippen LogP contribution >= 0.6 is 11.6 Å². The van der Waals surface area contributed by atoms with Crippen LogP contribution in [-0.4, -0.2) is 14.8 Å². The van der Waals surface area contributed by atoms with Gasteiger partial charge < -0.3 is 0 Å². The highest BCUT2D eigenvalue weighted by Gasteiger charge is 2.18. The smallest absolute Gasteiger partial charge is 0.0902 e. The Hall–Kier alpha value is -1.09. The number of nitrogens with zero attached hydrogens (tertiary/aromatic N) is 3. The molecule has 0 atom stereocenters. The molecule has 0 saturated carbocycles. The van der Waals surface area contributed by atoms with E-state index in [9.17, 15) is 0 Å². The number of aromatic nitrogens is 3. The molecule has 0 N–H and O–H groups in total. The van der Waals surface area contributed by atoms with Gasteiger partial charge in [-0.1, -0.05) is 39.3 Å². The van der Waals surface area contributed by atoms with E-state index in [-0.39, 0.29) is 0 Å².